The van der Waals surface area contributed by atoms with Gasteiger partial charge in [-0.25, -0.2) is 15.0 Å². The molecule has 6 nitrogen and oxygen atoms in total. The van der Waals surface area contributed by atoms with Crippen molar-refractivity contribution in [3.05, 3.63) is 78.4 Å². The Morgan fingerprint density at radius 1 is 0.946 bits per heavy atom. The first-order chi connectivity index (χ1) is 18.1. The van der Waals surface area contributed by atoms with Crippen LogP contribution in [0.5, 0.6) is 0 Å². The highest BCUT2D eigenvalue weighted by atomic mass is 15.1. The number of nitrogens with zero attached hydrogens (tertiary/aromatic N) is 5. The van der Waals surface area contributed by atoms with E-state index in [9.17, 15) is 0 Å². The molecule has 0 bridgehead atoms. The first kappa shape index (κ1) is 22.4. The maximum absolute atomic E-state index is 6.45. The monoisotopic (exact) mass is 488 g/mol. The first-order valence-corrected chi connectivity index (χ1v) is 13.5. The van der Waals surface area contributed by atoms with Crippen molar-refractivity contribution in [3.8, 4) is 22.5 Å². The van der Waals surface area contributed by atoms with Crippen molar-refractivity contribution in [3.63, 3.8) is 0 Å². The zero-order valence-corrected chi connectivity index (χ0v) is 21.3. The molecule has 5 aromatic rings. The molecule has 0 unspecified atom stereocenters. The molecule has 1 aliphatic heterocycles. The van der Waals surface area contributed by atoms with E-state index in [-0.39, 0.29) is 0 Å². The number of nitrogens with two attached hydrogens (primary N) is 1. The van der Waals surface area contributed by atoms with Crippen LogP contribution in [0.3, 0.4) is 0 Å². The maximum Gasteiger partial charge on any atom is 0.150 e. The maximum atomic E-state index is 6.45. The van der Waals surface area contributed by atoms with Crippen LogP contribution in [0, 0.1) is 12.8 Å². The zero-order valence-electron chi connectivity index (χ0n) is 21.3. The molecule has 0 amide bonds. The Balaban J connectivity index is 1.27. The van der Waals surface area contributed by atoms with Crippen LogP contribution in [0.2, 0.25) is 0 Å². The van der Waals surface area contributed by atoms with Crippen LogP contribution in [-0.4, -0.2) is 43.9 Å². The Morgan fingerprint density at radius 3 is 2.57 bits per heavy atom. The van der Waals surface area contributed by atoms with E-state index in [1.807, 2.05) is 12.3 Å². The predicted octanol–water partition coefficient (Wildman–Crippen LogP) is 6.09. The predicted molar refractivity (Wildman–Crippen MR) is 149 cm³/mol. The van der Waals surface area contributed by atoms with Gasteiger partial charge in [0.25, 0.3) is 0 Å². The lowest BCUT2D eigenvalue weighted by Crippen LogP contribution is -2.34. The smallest absolute Gasteiger partial charge is 0.150 e. The Labute approximate surface area is 217 Å². The number of hydrogen-bond donors (Lipinski definition) is 1. The lowest BCUT2D eigenvalue weighted by Gasteiger charge is -2.37. The van der Waals surface area contributed by atoms with Crippen LogP contribution < -0.4 is 5.73 Å². The van der Waals surface area contributed by atoms with Gasteiger partial charge in [-0.1, -0.05) is 42.5 Å². The zero-order chi connectivity index (χ0) is 24.9. The summed E-state index contributed by atoms with van der Waals surface area (Å²) in [4.78, 5) is 17.3. The molecule has 2 aromatic carbocycles. The molecule has 7 rings (SSSR count). The molecule has 0 spiro atoms. The van der Waals surface area contributed by atoms with Gasteiger partial charge in [0.1, 0.15) is 22.9 Å². The van der Waals surface area contributed by atoms with Crippen LogP contribution in [0.4, 0.5) is 5.82 Å². The Kier molecular flexibility index (Phi) is 5.43. The number of aromatic nitrogens is 4. The number of likely N-dealkylation sites (tertiary alicyclic amines) is 1. The highest BCUT2D eigenvalue weighted by Crippen LogP contribution is 2.44. The molecule has 186 valence electrons. The highest BCUT2D eigenvalue weighted by molar-refractivity contribution is 5.92. The molecule has 2 N–H and O–H groups in total. The van der Waals surface area contributed by atoms with Crippen LogP contribution in [0.25, 0.3) is 38.9 Å². The van der Waals surface area contributed by atoms with Gasteiger partial charge in [0, 0.05) is 41.4 Å². The molecule has 2 aliphatic rings. The van der Waals surface area contributed by atoms with Crippen molar-refractivity contribution >= 4 is 22.2 Å². The standard InChI is InChI=1S/C31H32N6/c1-20-15-26(22-7-3-2-4-8-22)34-27-18-23(9-10-25(20)27)28-29-30(32)33-11-14-37(29)31(35-28)24-16-21(17-24)19-36-12-5-6-13-36/h2-4,7-11,14-15,18,21,24H,5-6,12-13,16-17,19H2,1H3,(H2,32,33)/t21-,24-. The van der Waals surface area contributed by atoms with Crippen molar-refractivity contribution in [2.75, 3.05) is 25.4 Å². The van der Waals surface area contributed by atoms with Gasteiger partial charge in [-0.3, -0.25) is 4.40 Å². The summed E-state index contributed by atoms with van der Waals surface area (Å²) in [5.41, 5.74) is 13.6. The molecular formula is C31H32N6. The molecular weight excluding hydrogens is 456 g/mol. The van der Waals surface area contributed by atoms with E-state index < -0.39 is 0 Å². The van der Waals surface area contributed by atoms with E-state index in [0.29, 0.717) is 11.7 Å². The van der Waals surface area contributed by atoms with Crippen molar-refractivity contribution < 1.29 is 0 Å². The summed E-state index contributed by atoms with van der Waals surface area (Å²) in [6.07, 6.45) is 8.89. The quantitative estimate of drug-likeness (QED) is 0.324. The van der Waals surface area contributed by atoms with E-state index in [1.54, 1.807) is 6.20 Å². The molecule has 3 aromatic heterocycles. The molecule has 1 saturated carbocycles. The third-order valence-electron chi connectivity index (χ3n) is 8.29. The fourth-order valence-corrected chi connectivity index (χ4v) is 6.31. The summed E-state index contributed by atoms with van der Waals surface area (Å²) in [6.45, 7) is 5.91. The average molecular weight is 489 g/mol. The van der Waals surface area contributed by atoms with Gasteiger partial charge in [-0.15, -0.1) is 0 Å². The second kappa shape index (κ2) is 8.96. The fourth-order valence-electron chi connectivity index (χ4n) is 6.31. The van der Waals surface area contributed by atoms with Gasteiger partial charge in [-0.05, 0) is 69.3 Å². The molecule has 0 radical (unpaired) electrons. The van der Waals surface area contributed by atoms with Gasteiger partial charge in [0.2, 0.25) is 0 Å². The molecule has 2 fully saturated rings. The van der Waals surface area contributed by atoms with E-state index >= 15 is 0 Å². The number of rotatable bonds is 5. The fraction of sp³-hybridized carbons (Fsp3) is 0.323. The van der Waals surface area contributed by atoms with Gasteiger partial charge in [0.05, 0.1) is 11.2 Å². The minimum atomic E-state index is 0.459. The minimum Gasteiger partial charge on any atom is -0.382 e. The summed E-state index contributed by atoms with van der Waals surface area (Å²) in [5, 5.41) is 1.15. The minimum absolute atomic E-state index is 0.459. The third kappa shape index (κ3) is 3.96. The molecule has 37 heavy (non-hydrogen) atoms. The van der Waals surface area contributed by atoms with Gasteiger partial charge >= 0.3 is 0 Å². The third-order valence-corrected chi connectivity index (χ3v) is 8.29. The normalized spacial score (nSPS) is 20.0. The van der Waals surface area contributed by atoms with Crippen molar-refractivity contribution in [1.29, 1.82) is 0 Å². The van der Waals surface area contributed by atoms with Crippen LogP contribution in [0.15, 0.2) is 67.0 Å². The number of fused-ring (bicyclic) bond motifs is 2. The summed E-state index contributed by atoms with van der Waals surface area (Å²) >= 11 is 0. The SMILES string of the molecule is Cc1cc(-c2ccccc2)nc2cc(-c3nc([C@H]4C[C@H](CN5CCCC5)C4)n4ccnc(N)c34)ccc12. The van der Waals surface area contributed by atoms with Crippen molar-refractivity contribution in [2.45, 2.75) is 38.5 Å². The topological polar surface area (TPSA) is 72.3 Å². The Hall–Kier alpha value is -3.77. The number of anilines is 1. The number of hydrogen-bond acceptors (Lipinski definition) is 5. The van der Waals surface area contributed by atoms with Gasteiger partial charge in [0.15, 0.2) is 0 Å². The number of aryl methyl sites for hydroxylation is 1. The molecule has 1 aliphatic carbocycles. The Bertz CT molecular complexity index is 1590. The van der Waals surface area contributed by atoms with E-state index in [1.165, 1.54) is 50.9 Å². The summed E-state index contributed by atoms with van der Waals surface area (Å²) in [7, 11) is 0. The van der Waals surface area contributed by atoms with Crippen molar-refractivity contribution in [1.82, 2.24) is 24.3 Å². The average Bonchev–Trinajstić information content (AvgIpc) is 3.55. The van der Waals surface area contributed by atoms with Crippen LogP contribution in [0.1, 0.15) is 43.0 Å². The molecule has 0 atom stereocenters. The van der Waals surface area contributed by atoms with Crippen LogP contribution >= 0.6 is 0 Å². The highest BCUT2D eigenvalue weighted by Gasteiger charge is 2.35. The molecule has 6 heteroatoms. The number of imidazole rings is 1. The van der Waals surface area contributed by atoms with E-state index in [0.717, 1.165) is 50.7 Å². The lowest BCUT2D eigenvalue weighted by atomic mass is 9.74. The second-order valence-electron chi connectivity index (χ2n) is 10.8. The molecule has 1 saturated heterocycles. The number of nitrogen functional groups attached to an aromatic ring is 1. The van der Waals surface area contributed by atoms with Crippen molar-refractivity contribution in [2.24, 2.45) is 5.92 Å². The lowest BCUT2D eigenvalue weighted by molar-refractivity contribution is 0.176. The van der Waals surface area contributed by atoms with E-state index in [2.05, 4.69) is 69.7 Å². The largest absolute Gasteiger partial charge is 0.382 e. The second-order valence-corrected chi connectivity index (χ2v) is 10.8. The van der Waals surface area contributed by atoms with Gasteiger partial charge in [-0.2, -0.15) is 0 Å². The van der Waals surface area contributed by atoms with Crippen LogP contribution in [-0.2, 0) is 0 Å². The first-order valence-electron chi connectivity index (χ1n) is 13.5. The summed E-state index contributed by atoms with van der Waals surface area (Å²) in [5.74, 6) is 2.86. The summed E-state index contributed by atoms with van der Waals surface area (Å²) in [6, 6.07) is 19.0. The van der Waals surface area contributed by atoms with E-state index in [4.69, 9.17) is 15.7 Å². The number of benzene rings is 2. The number of pyridine rings is 1. The molecule has 4 heterocycles. The summed E-state index contributed by atoms with van der Waals surface area (Å²) < 4.78 is 2.18. The Morgan fingerprint density at radius 2 is 1.76 bits per heavy atom. The van der Waals surface area contributed by atoms with Gasteiger partial charge < -0.3 is 10.6 Å².